The summed E-state index contributed by atoms with van der Waals surface area (Å²) in [4.78, 5) is 5.56. The van der Waals surface area contributed by atoms with Crippen molar-refractivity contribution < 1.29 is 0 Å². The maximum Gasteiger partial charge on any atom is 0.0722 e. The van der Waals surface area contributed by atoms with E-state index in [0.29, 0.717) is 0 Å². The lowest BCUT2D eigenvalue weighted by Crippen LogP contribution is -2.30. The third-order valence-corrected chi connectivity index (χ3v) is 26.8. The number of thiophene rings is 2. The fourth-order valence-electron chi connectivity index (χ4n) is 18.8. The average Bonchev–Trinajstić information content (AvgIpc) is 1.51. The summed E-state index contributed by atoms with van der Waals surface area (Å²) < 4.78 is 0. The number of rotatable bonds is 43. The standard InChI is InChI=1S/C99H126S2/c1-9-11-13-15-17-19-21-23-25-27-29-31-33-35-37-39-41-43-65-97(66-44-42-40-38-36-34-32-30-28-26-24-22-20-18-16-14-12-10-2)88-67-77(7)53-63-84(88)85-64-54-79(69-89(85)97)94-72-93-96(101-94)87-71-90-86(70-91(87)99(93,82-59-49-75(5)50-60-82)83-61-51-76(6)52-62-83)95-92(68-78(8)100-95)98(90,80-55-45-73(3)46-56-80)81-57-47-74(4)48-58-81/h45-64,67-72H,9-44,65-66H2,1-8H3. The third kappa shape index (κ3) is 16.7. The number of fused-ring (bicyclic) bond motifs is 9. The van der Waals surface area contributed by atoms with E-state index < -0.39 is 10.8 Å². The van der Waals surface area contributed by atoms with Crippen molar-refractivity contribution in [3.8, 4) is 42.4 Å². The van der Waals surface area contributed by atoms with Gasteiger partial charge >= 0.3 is 0 Å². The van der Waals surface area contributed by atoms with E-state index in [1.165, 1.54) is 364 Å². The zero-order valence-corrected chi connectivity index (χ0v) is 65.8. The molecule has 101 heavy (non-hydrogen) atoms. The van der Waals surface area contributed by atoms with Crippen LogP contribution < -0.4 is 0 Å². The maximum atomic E-state index is 2.75. The van der Waals surface area contributed by atoms with E-state index in [1.54, 1.807) is 11.1 Å². The monoisotopic (exact) mass is 1380 g/mol. The smallest absolute Gasteiger partial charge is 0.0722 e. The molecule has 0 fully saturated rings. The summed E-state index contributed by atoms with van der Waals surface area (Å²) in [5.41, 5.74) is 26.9. The van der Waals surface area contributed by atoms with Crippen LogP contribution in [0.2, 0.25) is 0 Å². The van der Waals surface area contributed by atoms with Gasteiger partial charge in [-0.05, 0) is 168 Å². The van der Waals surface area contributed by atoms with E-state index >= 15 is 0 Å². The van der Waals surface area contributed by atoms with Crippen molar-refractivity contribution >= 4 is 22.7 Å². The Labute approximate surface area is 622 Å². The van der Waals surface area contributed by atoms with E-state index in [4.69, 9.17) is 0 Å². The highest BCUT2D eigenvalue weighted by atomic mass is 32.1. The van der Waals surface area contributed by atoms with E-state index in [2.05, 4.69) is 224 Å². The highest BCUT2D eigenvalue weighted by Crippen LogP contribution is 2.66. The van der Waals surface area contributed by atoms with Crippen molar-refractivity contribution in [2.75, 3.05) is 0 Å². The molecule has 9 aromatic rings. The first-order valence-electron chi connectivity index (χ1n) is 41.5. The van der Waals surface area contributed by atoms with Crippen molar-refractivity contribution in [3.05, 3.63) is 246 Å². The van der Waals surface area contributed by atoms with Crippen LogP contribution in [0, 0.1) is 41.5 Å². The molecule has 0 aliphatic heterocycles. The minimum absolute atomic E-state index is 0.00893. The Morgan fingerprint density at radius 1 is 0.238 bits per heavy atom. The van der Waals surface area contributed by atoms with Gasteiger partial charge in [0.15, 0.2) is 0 Å². The van der Waals surface area contributed by atoms with Crippen LogP contribution in [0.5, 0.6) is 0 Å². The van der Waals surface area contributed by atoms with Gasteiger partial charge in [0.25, 0.3) is 0 Å². The normalized spacial score (nSPS) is 14.1. The highest BCUT2D eigenvalue weighted by molar-refractivity contribution is 7.19. The molecule has 2 heteroatoms. The van der Waals surface area contributed by atoms with Gasteiger partial charge in [-0.3, -0.25) is 0 Å². The molecule has 3 aliphatic carbocycles. The molecule has 0 unspecified atom stereocenters. The van der Waals surface area contributed by atoms with E-state index in [9.17, 15) is 0 Å². The lowest BCUT2D eigenvalue weighted by molar-refractivity contribution is 0.396. The Balaban J connectivity index is 0.850. The Morgan fingerprint density at radius 2 is 0.535 bits per heavy atom. The molecule has 0 nitrogen and oxygen atoms in total. The van der Waals surface area contributed by atoms with E-state index in [0.717, 1.165) is 0 Å². The molecule has 0 bridgehead atoms. The zero-order valence-electron chi connectivity index (χ0n) is 64.2. The molecule has 3 aliphatic rings. The molecule has 0 spiro atoms. The van der Waals surface area contributed by atoms with Crippen LogP contribution in [-0.4, -0.2) is 0 Å². The van der Waals surface area contributed by atoms with Crippen LogP contribution in [0.25, 0.3) is 42.4 Å². The zero-order chi connectivity index (χ0) is 70.0. The van der Waals surface area contributed by atoms with Gasteiger partial charge in [0.1, 0.15) is 0 Å². The lowest BCUT2D eigenvalue weighted by atomic mass is 9.65. The third-order valence-electron chi connectivity index (χ3n) is 24.5. The van der Waals surface area contributed by atoms with Crippen LogP contribution in [0.3, 0.4) is 0 Å². The lowest BCUT2D eigenvalue weighted by Gasteiger charge is -2.35. The minimum Gasteiger partial charge on any atom is -0.140 e. The van der Waals surface area contributed by atoms with Crippen molar-refractivity contribution in [2.45, 2.75) is 316 Å². The predicted octanol–water partition coefficient (Wildman–Crippen LogP) is 31.2. The second kappa shape index (κ2) is 36.1. The molecule has 2 aromatic heterocycles. The molecular weight excluding hydrogens is 1250 g/mol. The van der Waals surface area contributed by atoms with Crippen molar-refractivity contribution in [3.63, 3.8) is 0 Å². The van der Waals surface area contributed by atoms with Crippen LogP contribution in [0.15, 0.2) is 158 Å². The number of unbranched alkanes of at least 4 members (excludes halogenated alkanes) is 34. The van der Waals surface area contributed by atoms with Gasteiger partial charge in [0.05, 0.1) is 10.8 Å². The second-order valence-electron chi connectivity index (χ2n) is 32.3. The Morgan fingerprint density at radius 3 is 0.891 bits per heavy atom. The van der Waals surface area contributed by atoms with Crippen LogP contribution in [-0.2, 0) is 16.2 Å². The van der Waals surface area contributed by atoms with Gasteiger partial charge in [-0.2, -0.15) is 0 Å². The fraction of sp³-hybridized carbons (Fsp3) is 0.495. The topological polar surface area (TPSA) is 0 Å². The number of benzene rings is 7. The summed E-state index contributed by atoms with van der Waals surface area (Å²) in [6, 6.07) is 64.4. The first kappa shape index (κ1) is 74.7. The van der Waals surface area contributed by atoms with Crippen molar-refractivity contribution in [2.24, 2.45) is 0 Å². The van der Waals surface area contributed by atoms with Gasteiger partial charge in [0, 0.05) is 24.9 Å². The molecule has 534 valence electrons. The SMILES string of the molecule is CCCCCCCCCCCCCCCCCCCCC1(CCCCCCCCCCCCCCCCCCCC)c2cc(C)ccc2-c2ccc(-c3cc4c(s3)-c3cc5c(cc3C4(c3ccc(C)cc3)c3ccc(C)cc3)-c3sc(C)cc3C5(c3ccc(C)cc3)c3ccc(C)cc3)cc21. The largest absolute Gasteiger partial charge is 0.140 e. The molecule has 7 aromatic carbocycles. The van der Waals surface area contributed by atoms with Crippen LogP contribution >= 0.6 is 22.7 Å². The second-order valence-corrected chi connectivity index (χ2v) is 34.6. The molecule has 0 amide bonds. The number of hydrogen-bond acceptors (Lipinski definition) is 2. The molecule has 0 saturated carbocycles. The molecule has 0 atom stereocenters. The van der Waals surface area contributed by atoms with Gasteiger partial charge in [-0.25, -0.2) is 0 Å². The average molecular weight is 1380 g/mol. The molecule has 0 radical (unpaired) electrons. The maximum absolute atomic E-state index is 2.75. The van der Waals surface area contributed by atoms with Crippen molar-refractivity contribution in [1.29, 1.82) is 0 Å². The number of hydrogen-bond donors (Lipinski definition) is 0. The summed E-state index contributed by atoms with van der Waals surface area (Å²) in [5.74, 6) is 0. The summed E-state index contributed by atoms with van der Waals surface area (Å²) in [7, 11) is 0. The van der Waals surface area contributed by atoms with Gasteiger partial charge in [0.2, 0.25) is 0 Å². The Hall–Kier alpha value is -6.06. The Kier molecular flexibility index (Phi) is 26.7. The quantitative estimate of drug-likeness (QED) is 0.0334. The van der Waals surface area contributed by atoms with Gasteiger partial charge in [-0.15, -0.1) is 22.7 Å². The molecule has 2 heterocycles. The van der Waals surface area contributed by atoms with E-state index in [-0.39, 0.29) is 5.41 Å². The first-order valence-corrected chi connectivity index (χ1v) is 43.1. The molecular formula is C99H126S2. The summed E-state index contributed by atoms with van der Waals surface area (Å²) in [6.07, 6.45) is 53.2. The molecule has 12 rings (SSSR count). The van der Waals surface area contributed by atoms with Gasteiger partial charge in [-0.1, -0.05) is 400 Å². The first-order chi connectivity index (χ1) is 49.5. The van der Waals surface area contributed by atoms with Crippen molar-refractivity contribution in [1.82, 2.24) is 0 Å². The summed E-state index contributed by atoms with van der Waals surface area (Å²) in [6.45, 7) is 18.3. The number of aryl methyl sites for hydroxylation is 6. The van der Waals surface area contributed by atoms with Crippen LogP contribution in [0.1, 0.15) is 346 Å². The fourth-order valence-corrected chi connectivity index (χ4v) is 21.1. The molecule has 0 N–H and O–H groups in total. The summed E-state index contributed by atoms with van der Waals surface area (Å²) in [5, 5.41) is 0. The highest BCUT2D eigenvalue weighted by Gasteiger charge is 2.53. The van der Waals surface area contributed by atoms with Gasteiger partial charge < -0.3 is 0 Å². The molecule has 0 saturated heterocycles. The minimum atomic E-state index is -0.547. The van der Waals surface area contributed by atoms with E-state index in [1.807, 2.05) is 11.3 Å². The summed E-state index contributed by atoms with van der Waals surface area (Å²) >= 11 is 4.05. The predicted molar refractivity (Wildman–Crippen MR) is 444 cm³/mol. The Bertz CT molecular complexity index is 3910. The van der Waals surface area contributed by atoms with Crippen LogP contribution in [0.4, 0.5) is 0 Å².